The molecule has 1 aromatic heterocycles. The summed E-state index contributed by atoms with van der Waals surface area (Å²) >= 11 is 0. The van der Waals surface area contributed by atoms with E-state index in [0.717, 1.165) is 6.20 Å². The van der Waals surface area contributed by atoms with Crippen molar-refractivity contribution in [2.75, 3.05) is 13.1 Å². The van der Waals surface area contributed by atoms with Gasteiger partial charge in [-0.2, -0.15) is 0 Å². The summed E-state index contributed by atoms with van der Waals surface area (Å²) in [4.78, 5) is 38.9. The molecule has 1 aromatic carbocycles. The maximum absolute atomic E-state index is 13.8. The van der Waals surface area contributed by atoms with Crippen LogP contribution >= 0.6 is 0 Å². The van der Waals surface area contributed by atoms with E-state index in [0.29, 0.717) is 12.1 Å². The summed E-state index contributed by atoms with van der Waals surface area (Å²) in [6, 6.07) is 0.900. The molecule has 1 aliphatic heterocycles. The number of carbonyl (C=O) groups excluding carboxylic acids is 2. The van der Waals surface area contributed by atoms with E-state index >= 15 is 0 Å². The average molecular weight is 455 g/mol. The predicted molar refractivity (Wildman–Crippen MR) is 106 cm³/mol. The quantitative estimate of drug-likeness (QED) is 0.655. The minimum atomic E-state index is -1.51. The molecular weight excluding hydrogens is 434 g/mol. The molecular formula is C21H21F4N3O4. The highest BCUT2D eigenvalue weighted by Gasteiger charge is 2.31. The van der Waals surface area contributed by atoms with Crippen LogP contribution in [0.3, 0.4) is 0 Å². The van der Waals surface area contributed by atoms with Crippen LogP contribution in [0.2, 0.25) is 0 Å². The van der Waals surface area contributed by atoms with Gasteiger partial charge in [0.25, 0.3) is 11.8 Å². The van der Waals surface area contributed by atoms with E-state index in [2.05, 4.69) is 5.32 Å². The van der Waals surface area contributed by atoms with E-state index in [1.807, 2.05) is 0 Å². The molecule has 0 spiro atoms. The fraction of sp³-hybridized carbons (Fsp3) is 0.381. The van der Waals surface area contributed by atoms with Crippen molar-refractivity contribution in [3.05, 3.63) is 62.8 Å². The number of nitrogens with zero attached hydrogens (tertiary/aromatic N) is 2. The molecule has 0 atom stereocenters. The number of amides is 2. The number of pyridine rings is 1. The number of aromatic nitrogens is 1. The van der Waals surface area contributed by atoms with Crippen LogP contribution in [0.25, 0.3) is 0 Å². The van der Waals surface area contributed by atoms with Gasteiger partial charge in [0.05, 0.1) is 0 Å². The van der Waals surface area contributed by atoms with Crippen molar-refractivity contribution in [1.82, 2.24) is 14.8 Å². The van der Waals surface area contributed by atoms with Gasteiger partial charge in [-0.15, -0.1) is 0 Å². The van der Waals surface area contributed by atoms with Crippen LogP contribution in [0.5, 0.6) is 5.75 Å². The van der Waals surface area contributed by atoms with Gasteiger partial charge in [-0.25, -0.2) is 17.6 Å². The van der Waals surface area contributed by atoms with Crippen LogP contribution < -0.4 is 10.7 Å². The molecule has 0 aliphatic carbocycles. The van der Waals surface area contributed by atoms with Gasteiger partial charge in [0.1, 0.15) is 28.7 Å². The highest BCUT2D eigenvalue weighted by atomic mass is 19.2. The number of aromatic hydroxyl groups is 1. The minimum Gasteiger partial charge on any atom is -0.503 e. The zero-order valence-electron chi connectivity index (χ0n) is 17.3. The fourth-order valence-electron chi connectivity index (χ4n) is 3.31. The predicted octanol–water partition coefficient (Wildman–Crippen LogP) is 2.50. The van der Waals surface area contributed by atoms with Crippen LogP contribution in [-0.4, -0.2) is 45.1 Å². The topological polar surface area (TPSA) is 91.6 Å². The Kier molecular flexibility index (Phi) is 6.29. The number of rotatable bonds is 6. The van der Waals surface area contributed by atoms with Gasteiger partial charge >= 0.3 is 0 Å². The lowest BCUT2D eigenvalue weighted by Crippen LogP contribution is -2.44. The minimum absolute atomic E-state index is 0.0563. The largest absolute Gasteiger partial charge is 0.503 e. The van der Waals surface area contributed by atoms with Crippen LogP contribution in [0, 0.1) is 17.5 Å². The number of benzene rings is 1. The highest BCUT2D eigenvalue weighted by molar-refractivity contribution is 5.99. The molecule has 7 nitrogen and oxygen atoms in total. The molecule has 0 saturated heterocycles. The number of fused-ring (bicyclic) bond motifs is 1. The molecule has 2 N–H and O–H groups in total. The molecule has 2 heterocycles. The second kappa shape index (κ2) is 8.64. The number of halogens is 4. The normalized spacial score (nSPS) is 13.8. The van der Waals surface area contributed by atoms with Crippen molar-refractivity contribution < 1.29 is 32.3 Å². The lowest BCUT2D eigenvalue weighted by Gasteiger charge is -2.31. The molecule has 11 heteroatoms. The van der Waals surface area contributed by atoms with Gasteiger partial charge in [-0.05, 0) is 20.3 Å². The summed E-state index contributed by atoms with van der Waals surface area (Å²) in [5.41, 5.74) is -4.13. The summed E-state index contributed by atoms with van der Waals surface area (Å²) < 4.78 is 55.5. The third-order valence-electron chi connectivity index (χ3n) is 5.11. The van der Waals surface area contributed by atoms with Gasteiger partial charge in [-0.3, -0.25) is 14.4 Å². The summed E-state index contributed by atoms with van der Waals surface area (Å²) in [5, 5.41) is 12.4. The summed E-state index contributed by atoms with van der Waals surface area (Å²) in [7, 11) is 0. The van der Waals surface area contributed by atoms with Gasteiger partial charge in [0.15, 0.2) is 11.4 Å². The molecule has 0 bridgehead atoms. The molecule has 2 amide bonds. The molecule has 2 aromatic rings. The van der Waals surface area contributed by atoms with Crippen molar-refractivity contribution in [3.8, 4) is 5.75 Å². The van der Waals surface area contributed by atoms with Crippen LogP contribution in [0.4, 0.5) is 17.6 Å². The Morgan fingerprint density at radius 3 is 2.38 bits per heavy atom. The van der Waals surface area contributed by atoms with Crippen molar-refractivity contribution in [3.63, 3.8) is 0 Å². The second-order valence-corrected chi connectivity index (χ2v) is 8.05. The van der Waals surface area contributed by atoms with Gasteiger partial charge in [0.2, 0.25) is 5.43 Å². The molecule has 0 fully saturated rings. The number of nitrogens with one attached hydrogen (secondary N) is 1. The molecule has 1 aliphatic rings. The molecule has 0 saturated carbocycles. The highest BCUT2D eigenvalue weighted by Crippen LogP contribution is 2.22. The standard InChI is InChI=1S/C21H21F4N3O4/c1-21(2,25)3-4-27-5-6-28-10-13(17(29)18(30)16(28)20(27)32)19(31)26-9-12-14(23)7-11(22)8-15(12)24/h7-8,10,30H,3-6,9H2,1-2H3,(H,26,31). The number of carbonyl (C=O) groups is 2. The Balaban J connectivity index is 1.82. The molecule has 32 heavy (non-hydrogen) atoms. The first kappa shape index (κ1) is 23.3. The maximum Gasteiger partial charge on any atom is 0.274 e. The van der Waals surface area contributed by atoms with Crippen molar-refractivity contribution >= 4 is 11.8 Å². The lowest BCUT2D eigenvalue weighted by molar-refractivity contribution is 0.0657. The Morgan fingerprint density at radius 2 is 1.78 bits per heavy atom. The molecule has 3 rings (SSSR count). The van der Waals surface area contributed by atoms with E-state index in [4.69, 9.17) is 0 Å². The zero-order valence-corrected chi connectivity index (χ0v) is 17.3. The van der Waals surface area contributed by atoms with Gasteiger partial charge in [0, 0.05) is 50.1 Å². The van der Waals surface area contributed by atoms with E-state index < -0.39 is 63.8 Å². The van der Waals surface area contributed by atoms with E-state index in [1.54, 1.807) is 0 Å². The smallest absolute Gasteiger partial charge is 0.274 e. The Morgan fingerprint density at radius 1 is 1.16 bits per heavy atom. The summed E-state index contributed by atoms with van der Waals surface area (Å²) in [6.07, 6.45) is 1.12. The third kappa shape index (κ3) is 4.76. The number of alkyl halides is 1. The van der Waals surface area contributed by atoms with Crippen molar-refractivity contribution in [1.29, 1.82) is 0 Å². The maximum atomic E-state index is 13.8. The zero-order chi connectivity index (χ0) is 23.8. The van der Waals surface area contributed by atoms with E-state index in [-0.39, 0.29) is 31.7 Å². The van der Waals surface area contributed by atoms with Gasteiger partial charge < -0.3 is 19.9 Å². The van der Waals surface area contributed by atoms with Crippen molar-refractivity contribution in [2.45, 2.75) is 39.0 Å². The first-order valence-electron chi connectivity index (χ1n) is 9.75. The number of hydrogen-bond acceptors (Lipinski definition) is 4. The van der Waals surface area contributed by atoms with E-state index in [9.17, 15) is 37.1 Å². The first-order chi connectivity index (χ1) is 14.9. The first-order valence-corrected chi connectivity index (χ1v) is 9.75. The molecule has 0 unspecified atom stereocenters. The van der Waals surface area contributed by atoms with Crippen molar-refractivity contribution in [2.24, 2.45) is 0 Å². The van der Waals surface area contributed by atoms with Gasteiger partial charge in [-0.1, -0.05) is 0 Å². The molecule has 0 radical (unpaired) electrons. The SMILES string of the molecule is CC(C)(F)CCN1CCn2cc(C(=O)NCc3c(F)cc(F)cc3F)c(=O)c(O)c2C1=O. The monoisotopic (exact) mass is 455 g/mol. The Bertz CT molecular complexity index is 1120. The summed E-state index contributed by atoms with van der Waals surface area (Å²) in [5.74, 6) is -6.23. The van der Waals surface area contributed by atoms with Crippen LogP contribution in [0.15, 0.2) is 23.1 Å². The Hall–Kier alpha value is -3.37. The second-order valence-electron chi connectivity index (χ2n) is 8.05. The van der Waals surface area contributed by atoms with Crippen LogP contribution in [0.1, 0.15) is 46.7 Å². The lowest BCUT2D eigenvalue weighted by atomic mass is 10.1. The third-order valence-corrected chi connectivity index (χ3v) is 5.11. The summed E-state index contributed by atoms with van der Waals surface area (Å²) in [6.45, 7) is 2.43. The fourth-order valence-corrected chi connectivity index (χ4v) is 3.31. The van der Waals surface area contributed by atoms with E-state index in [1.165, 1.54) is 23.3 Å². The Labute approximate surface area is 180 Å². The van der Waals surface area contributed by atoms with Crippen LogP contribution in [-0.2, 0) is 13.1 Å². The number of hydrogen-bond donors (Lipinski definition) is 2. The average Bonchev–Trinajstić information content (AvgIpc) is 2.68. The molecule has 172 valence electrons.